The maximum Gasteiger partial charge on any atom is 0.222 e. The highest BCUT2D eigenvalue weighted by atomic mass is 32.2. The fourth-order valence-electron chi connectivity index (χ4n) is 3.37. The molecule has 1 aliphatic heterocycles. The first kappa shape index (κ1) is 13.0. The number of rotatable bonds is 2. The molecule has 2 aliphatic rings. The Morgan fingerprint density at radius 2 is 1.88 bits per heavy atom. The number of hydrogen-bond acceptors (Lipinski definition) is 3. The Bertz CT molecular complexity index is 407. The van der Waals surface area contributed by atoms with Gasteiger partial charge in [-0.2, -0.15) is 4.31 Å². The van der Waals surface area contributed by atoms with Gasteiger partial charge in [0.25, 0.3) is 0 Å². The van der Waals surface area contributed by atoms with E-state index in [9.17, 15) is 13.2 Å². The summed E-state index contributed by atoms with van der Waals surface area (Å²) in [5, 5.41) is 0. The predicted molar refractivity (Wildman–Crippen MR) is 66.2 cm³/mol. The lowest BCUT2D eigenvalue weighted by molar-refractivity contribution is -0.126. The summed E-state index contributed by atoms with van der Waals surface area (Å²) in [5.74, 6) is 0.307. The Morgan fingerprint density at radius 3 is 2.35 bits per heavy atom. The monoisotopic (exact) mass is 259 g/mol. The number of sulfonamides is 1. The fourth-order valence-corrected chi connectivity index (χ4v) is 5.34. The lowest BCUT2D eigenvalue weighted by Crippen LogP contribution is -2.51. The number of ketones is 1. The normalized spacial score (nSPS) is 37.8. The molecule has 0 aromatic heterocycles. The van der Waals surface area contributed by atoms with E-state index in [-0.39, 0.29) is 11.5 Å². The molecule has 1 saturated carbocycles. The van der Waals surface area contributed by atoms with Crippen molar-refractivity contribution in [3.05, 3.63) is 0 Å². The fraction of sp³-hybridized carbons (Fsp3) is 0.917. The van der Waals surface area contributed by atoms with Crippen LogP contribution < -0.4 is 0 Å². The van der Waals surface area contributed by atoms with E-state index in [2.05, 4.69) is 6.92 Å². The highest BCUT2D eigenvalue weighted by molar-refractivity contribution is 7.90. The largest absolute Gasteiger partial charge is 0.296 e. The minimum Gasteiger partial charge on any atom is -0.296 e. The quantitative estimate of drug-likeness (QED) is 0.756. The molecule has 2 fully saturated rings. The molecular formula is C12H21NO3S. The van der Waals surface area contributed by atoms with Crippen LogP contribution in [0.2, 0.25) is 0 Å². The van der Waals surface area contributed by atoms with Gasteiger partial charge in [-0.25, -0.2) is 8.42 Å². The van der Waals surface area contributed by atoms with E-state index >= 15 is 0 Å². The second-order valence-corrected chi connectivity index (χ2v) is 7.12. The first-order valence-electron chi connectivity index (χ1n) is 6.50. The van der Waals surface area contributed by atoms with Crippen molar-refractivity contribution < 1.29 is 13.2 Å². The molecule has 1 aliphatic carbocycles. The van der Waals surface area contributed by atoms with E-state index in [1.807, 2.05) is 6.92 Å². The number of carbonyl (C=O) groups is 1. The molecule has 17 heavy (non-hydrogen) atoms. The van der Waals surface area contributed by atoms with Crippen molar-refractivity contribution in [1.82, 2.24) is 4.31 Å². The van der Waals surface area contributed by atoms with Crippen LogP contribution >= 0.6 is 0 Å². The molecule has 1 spiro atoms. The van der Waals surface area contributed by atoms with Crippen LogP contribution in [0.25, 0.3) is 0 Å². The van der Waals surface area contributed by atoms with Gasteiger partial charge in [0.2, 0.25) is 10.0 Å². The molecule has 1 heterocycles. The lowest BCUT2D eigenvalue weighted by Gasteiger charge is -2.40. The van der Waals surface area contributed by atoms with Crippen LogP contribution in [-0.2, 0) is 14.8 Å². The van der Waals surface area contributed by atoms with Gasteiger partial charge in [-0.1, -0.05) is 20.3 Å². The molecule has 5 heteroatoms. The Labute approximate surface area is 103 Å². The molecule has 0 amide bonds. The van der Waals surface area contributed by atoms with Gasteiger partial charge in [0.1, 0.15) is 5.75 Å². The molecule has 0 aromatic rings. The zero-order valence-electron chi connectivity index (χ0n) is 10.6. The number of nitrogens with zero attached hydrogens (tertiary/aromatic N) is 1. The zero-order chi connectivity index (χ0) is 12.7. The van der Waals surface area contributed by atoms with E-state index < -0.39 is 15.6 Å². The number of hydrogen-bond donors (Lipinski definition) is 0. The summed E-state index contributed by atoms with van der Waals surface area (Å²) in [4.78, 5) is 12.1. The van der Waals surface area contributed by atoms with E-state index in [1.54, 1.807) is 0 Å². The Balaban J connectivity index is 2.28. The van der Waals surface area contributed by atoms with Gasteiger partial charge in [0, 0.05) is 6.54 Å². The Morgan fingerprint density at radius 1 is 1.29 bits per heavy atom. The predicted octanol–water partition coefficient (Wildman–Crippen LogP) is 1.56. The average Bonchev–Trinajstić information content (AvgIpc) is 2.47. The Kier molecular flexibility index (Phi) is 3.34. The number of likely N-dealkylation sites (N-methyl/N-ethyl adjacent to an activating group) is 1. The number of Topliss-reactive ketones (excluding diaryl/α,β-unsaturated/α-hetero) is 1. The van der Waals surface area contributed by atoms with Crippen LogP contribution in [0, 0.1) is 5.92 Å². The van der Waals surface area contributed by atoms with Crippen molar-refractivity contribution in [3.8, 4) is 0 Å². The zero-order valence-corrected chi connectivity index (χ0v) is 11.4. The van der Waals surface area contributed by atoms with Crippen molar-refractivity contribution in [2.45, 2.75) is 51.5 Å². The van der Waals surface area contributed by atoms with Gasteiger partial charge >= 0.3 is 0 Å². The van der Waals surface area contributed by atoms with Crippen LogP contribution in [0.5, 0.6) is 0 Å². The van der Waals surface area contributed by atoms with E-state index in [0.717, 1.165) is 32.1 Å². The summed E-state index contributed by atoms with van der Waals surface area (Å²) in [6.07, 6.45) is 4.53. The molecule has 98 valence electrons. The van der Waals surface area contributed by atoms with Crippen molar-refractivity contribution in [1.29, 1.82) is 0 Å². The summed E-state index contributed by atoms with van der Waals surface area (Å²) in [5.41, 5.74) is -0.681. The van der Waals surface area contributed by atoms with Crippen LogP contribution in [0.4, 0.5) is 0 Å². The van der Waals surface area contributed by atoms with Crippen molar-refractivity contribution >= 4 is 15.8 Å². The van der Waals surface area contributed by atoms with Gasteiger partial charge < -0.3 is 0 Å². The van der Waals surface area contributed by atoms with Gasteiger partial charge in [-0.15, -0.1) is 0 Å². The second-order valence-electron chi connectivity index (χ2n) is 5.23. The van der Waals surface area contributed by atoms with Crippen molar-refractivity contribution in [2.75, 3.05) is 12.3 Å². The summed E-state index contributed by atoms with van der Waals surface area (Å²) < 4.78 is 25.3. The second kappa shape index (κ2) is 4.35. The van der Waals surface area contributed by atoms with E-state index in [0.29, 0.717) is 12.5 Å². The van der Waals surface area contributed by atoms with Gasteiger partial charge in [0.15, 0.2) is 5.78 Å². The maximum absolute atomic E-state index is 12.1. The summed E-state index contributed by atoms with van der Waals surface area (Å²) in [6.45, 7) is 4.40. The standard InChI is InChI=1S/C12H21NO3S/c1-3-10-5-7-12(8-6-10)11(14)9-17(15,16)13(12)4-2/h10H,3-9H2,1-2H3. The Hall–Kier alpha value is -0.420. The topological polar surface area (TPSA) is 54.5 Å². The van der Waals surface area contributed by atoms with Crippen molar-refractivity contribution in [3.63, 3.8) is 0 Å². The SMILES string of the molecule is CCC1CCC2(CC1)C(=O)CS(=O)(=O)N2CC. The van der Waals surface area contributed by atoms with Gasteiger partial charge in [-0.3, -0.25) is 4.79 Å². The maximum atomic E-state index is 12.1. The third-order valence-electron chi connectivity index (χ3n) is 4.44. The third kappa shape index (κ3) is 1.93. The highest BCUT2D eigenvalue weighted by Crippen LogP contribution is 2.43. The highest BCUT2D eigenvalue weighted by Gasteiger charge is 2.56. The summed E-state index contributed by atoms with van der Waals surface area (Å²) >= 11 is 0. The lowest BCUT2D eigenvalue weighted by atomic mass is 9.73. The molecule has 0 radical (unpaired) electrons. The molecule has 0 unspecified atom stereocenters. The smallest absolute Gasteiger partial charge is 0.222 e. The van der Waals surface area contributed by atoms with Crippen LogP contribution in [0.15, 0.2) is 0 Å². The van der Waals surface area contributed by atoms with Crippen LogP contribution in [0.3, 0.4) is 0 Å². The molecule has 2 rings (SSSR count). The number of carbonyl (C=O) groups excluding carboxylic acids is 1. The van der Waals surface area contributed by atoms with E-state index in [1.165, 1.54) is 4.31 Å². The third-order valence-corrected chi connectivity index (χ3v) is 6.35. The molecule has 0 N–H and O–H groups in total. The van der Waals surface area contributed by atoms with Crippen LogP contribution in [-0.4, -0.2) is 36.3 Å². The summed E-state index contributed by atoms with van der Waals surface area (Å²) in [6, 6.07) is 0. The minimum absolute atomic E-state index is 0.0751. The molecule has 4 nitrogen and oxygen atoms in total. The van der Waals surface area contributed by atoms with Gasteiger partial charge in [-0.05, 0) is 31.6 Å². The molecule has 0 bridgehead atoms. The first-order chi connectivity index (χ1) is 7.96. The van der Waals surface area contributed by atoms with Crippen LogP contribution in [0.1, 0.15) is 46.0 Å². The summed E-state index contributed by atoms with van der Waals surface area (Å²) in [7, 11) is -3.33. The van der Waals surface area contributed by atoms with E-state index in [4.69, 9.17) is 0 Å². The van der Waals surface area contributed by atoms with Gasteiger partial charge in [0.05, 0.1) is 5.54 Å². The first-order valence-corrected chi connectivity index (χ1v) is 8.11. The molecular weight excluding hydrogens is 238 g/mol. The molecule has 0 aromatic carbocycles. The molecule has 0 atom stereocenters. The van der Waals surface area contributed by atoms with Crippen molar-refractivity contribution in [2.24, 2.45) is 5.92 Å². The minimum atomic E-state index is -3.33. The molecule has 1 saturated heterocycles. The average molecular weight is 259 g/mol.